The van der Waals surface area contributed by atoms with E-state index in [1.807, 2.05) is 11.8 Å². The van der Waals surface area contributed by atoms with Gasteiger partial charge in [-0.3, -0.25) is 9.59 Å². The zero-order valence-electron chi connectivity index (χ0n) is 14.7. The van der Waals surface area contributed by atoms with Crippen molar-refractivity contribution < 1.29 is 18.7 Å². The van der Waals surface area contributed by atoms with Gasteiger partial charge in [0.15, 0.2) is 0 Å². The smallest absolute Gasteiger partial charge is 0.227 e. The van der Waals surface area contributed by atoms with Crippen molar-refractivity contribution in [3.8, 4) is 0 Å². The maximum Gasteiger partial charge on any atom is 0.227 e. The molecule has 1 aromatic carbocycles. The second-order valence-corrected chi connectivity index (χ2v) is 6.85. The van der Waals surface area contributed by atoms with Gasteiger partial charge in [0.25, 0.3) is 0 Å². The van der Waals surface area contributed by atoms with Gasteiger partial charge in [0, 0.05) is 39.3 Å². The summed E-state index contributed by atoms with van der Waals surface area (Å²) in [6, 6.07) is 6.13. The van der Waals surface area contributed by atoms with Gasteiger partial charge in [0.2, 0.25) is 11.8 Å². The highest BCUT2D eigenvalue weighted by atomic mass is 19.1. The third-order valence-corrected chi connectivity index (χ3v) is 5.29. The van der Waals surface area contributed by atoms with Gasteiger partial charge in [0.05, 0.1) is 12.0 Å². The van der Waals surface area contributed by atoms with E-state index in [2.05, 4.69) is 0 Å². The molecule has 2 heterocycles. The largest absolute Gasteiger partial charge is 0.381 e. The summed E-state index contributed by atoms with van der Waals surface area (Å²) in [5, 5.41) is 0. The molecule has 2 fully saturated rings. The summed E-state index contributed by atoms with van der Waals surface area (Å²) in [6.45, 7) is 4.80. The quantitative estimate of drug-likeness (QED) is 0.839. The minimum atomic E-state index is -0.339. The molecule has 6 heteroatoms. The second kappa shape index (κ2) is 7.52. The molecular formula is C19H25FN2O3. The van der Waals surface area contributed by atoms with Crippen molar-refractivity contribution >= 4 is 11.8 Å². The molecule has 25 heavy (non-hydrogen) atoms. The number of benzene rings is 1. The summed E-state index contributed by atoms with van der Waals surface area (Å²) >= 11 is 0. The third kappa shape index (κ3) is 3.84. The van der Waals surface area contributed by atoms with E-state index in [1.165, 1.54) is 12.1 Å². The van der Waals surface area contributed by atoms with Crippen LogP contribution in [-0.2, 0) is 20.7 Å². The first-order chi connectivity index (χ1) is 12.0. The Morgan fingerprint density at radius 1 is 1.32 bits per heavy atom. The summed E-state index contributed by atoms with van der Waals surface area (Å²) in [6.07, 6.45) is 1.99. The molecule has 2 aliphatic rings. The van der Waals surface area contributed by atoms with Crippen LogP contribution in [-0.4, -0.2) is 60.0 Å². The van der Waals surface area contributed by atoms with Gasteiger partial charge >= 0.3 is 0 Å². The van der Waals surface area contributed by atoms with Gasteiger partial charge in [-0.25, -0.2) is 4.39 Å². The minimum Gasteiger partial charge on any atom is -0.381 e. The van der Waals surface area contributed by atoms with Crippen molar-refractivity contribution in [2.24, 2.45) is 0 Å². The predicted molar refractivity (Wildman–Crippen MR) is 91.5 cm³/mol. The van der Waals surface area contributed by atoms with E-state index in [0.29, 0.717) is 44.8 Å². The molecule has 0 aromatic heterocycles. The van der Waals surface area contributed by atoms with Crippen molar-refractivity contribution in [2.75, 3.05) is 32.8 Å². The number of carbonyl (C=O) groups excluding carboxylic acids is 2. The van der Waals surface area contributed by atoms with Crippen molar-refractivity contribution in [1.82, 2.24) is 9.80 Å². The Balaban J connectivity index is 1.79. The van der Waals surface area contributed by atoms with Crippen molar-refractivity contribution in [2.45, 2.75) is 38.1 Å². The molecular weight excluding hydrogens is 323 g/mol. The van der Waals surface area contributed by atoms with Crippen molar-refractivity contribution in [1.29, 1.82) is 0 Å². The van der Waals surface area contributed by atoms with Crippen LogP contribution in [0.2, 0.25) is 0 Å². The van der Waals surface area contributed by atoms with Crippen LogP contribution >= 0.6 is 0 Å². The number of likely N-dealkylation sites (N-methyl/N-ethyl adjacent to an activating group) is 1. The van der Waals surface area contributed by atoms with E-state index in [0.717, 1.165) is 12.8 Å². The molecule has 1 aromatic rings. The lowest BCUT2D eigenvalue weighted by Crippen LogP contribution is -2.58. The number of halogens is 1. The molecule has 0 unspecified atom stereocenters. The summed E-state index contributed by atoms with van der Waals surface area (Å²) < 4.78 is 18.9. The molecule has 2 saturated heterocycles. The van der Waals surface area contributed by atoms with E-state index >= 15 is 0 Å². The molecule has 0 atom stereocenters. The highest BCUT2D eigenvalue weighted by Crippen LogP contribution is 2.32. The minimum absolute atomic E-state index is 0.0535. The number of amides is 2. The van der Waals surface area contributed by atoms with Crippen LogP contribution in [0.5, 0.6) is 0 Å². The molecule has 3 rings (SSSR count). The van der Waals surface area contributed by atoms with Gasteiger partial charge in [-0.1, -0.05) is 12.1 Å². The summed E-state index contributed by atoms with van der Waals surface area (Å²) in [5.41, 5.74) is 0.326. The van der Waals surface area contributed by atoms with Gasteiger partial charge in [-0.2, -0.15) is 0 Å². The Hall–Kier alpha value is -1.95. The van der Waals surface area contributed by atoms with E-state index in [9.17, 15) is 14.0 Å². The van der Waals surface area contributed by atoms with Crippen LogP contribution in [0.25, 0.3) is 0 Å². The van der Waals surface area contributed by atoms with Crippen LogP contribution in [0, 0.1) is 5.82 Å². The molecule has 136 valence electrons. The zero-order valence-corrected chi connectivity index (χ0v) is 14.7. The van der Waals surface area contributed by atoms with Crippen LogP contribution < -0.4 is 0 Å². The number of hydrogen-bond donors (Lipinski definition) is 0. The highest BCUT2D eigenvalue weighted by molar-refractivity contribution is 5.82. The summed E-state index contributed by atoms with van der Waals surface area (Å²) in [4.78, 5) is 29.1. The van der Waals surface area contributed by atoms with E-state index in [-0.39, 0.29) is 29.6 Å². The van der Waals surface area contributed by atoms with Crippen LogP contribution in [0.3, 0.4) is 0 Å². The molecule has 0 aliphatic carbocycles. The molecule has 2 aliphatic heterocycles. The standard InChI is InChI=1S/C19H25FN2O3/c1-2-22-17(23)6-9-21(14-19(22)7-10-25-11-8-19)18(24)13-15-4-3-5-16(20)12-15/h3-5,12H,2,6-11,13-14H2,1H3. The Morgan fingerprint density at radius 3 is 2.76 bits per heavy atom. The summed E-state index contributed by atoms with van der Waals surface area (Å²) in [7, 11) is 0. The van der Waals surface area contributed by atoms with E-state index in [1.54, 1.807) is 17.0 Å². The van der Waals surface area contributed by atoms with Gasteiger partial charge in [0.1, 0.15) is 5.82 Å². The first kappa shape index (κ1) is 17.9. The topological polar surface area (TPSA) is 49.9 Å². The van der Waals surface area contributed by atoms with Crippen LogP contribution in [0.1, 0.15) is 31.7 Å². The molecule has 5 nitrogen and oxygen atoms in total. The average molecular weight is 348 g/mol. The third-order valence-electron chi connectivity index (χ3n) is 5.29. The van der Waals surface area contributed by atoms with E-state index < -0.39 is 0 Å². The Bertz CT molecular complexity index is 643. The number of carbonyl (C=O) groups is 2. The monoisotopic (exact) mass is 348 g/mol. The molecule has 1 spiro atoms. The van der Waals surface area contributed by atoms with Crippen molar-refractivity contribution in [3.05, 3.63) is 35.6 Å². The fourth-order valence-electron chi connectivity index (χ4n) is 3.99. The van der Waals surface area contributed by atoms with Crippen molar-refractivity contribution in [3.63, 3.8) is 0 Å². The second-order valence-electron chi connectivity index (χ2n) is 6.85. The molecule has 2 amide bonds. The number of rotatable bonds is 3. The van der Waals surface area contributed by atoms with Gasteiger partial charge < -0.3 is 14.5 Å². The van der Waals surface area contributed by atoms with Crippen LogP contribution in [0.4, 0.5) is 4.39 Å². The fraction of sp³-hybridized carbons (Fsp3) is 0.579. The molecule has 0 radical (unpaired) electrons. The van der Waals surface area contributed by atoms with Crippen LogP contribution in [0.15, 0.2) is 24.3 Å². The fourth-order valence-corrected chi connectivity index (χ4v) is 3.99. The number of hydrogen-bond acceptors (Lipinski definition) is 3. The predicted octanol–water partition coefficient (Wildman–Crippen LogP) is 2.00. The van der Waals surface area contributed by atoms with E-state index in [4.69, 9.17) is 4.74 Å². The lowest BCUT2D eigenvalue weighted by molar-refractivity contribution is -0.141. The Morgan fingerprint density at radius 2 is 2.08 bits per heavy atom. The SMILES string of the molecule is CCN1C(=O)CCN(C(=O)Cc2cccc(F)c2)CC12CCOCC2. The first-order valence-electron chi connectivity index (χ1n) is 8.94. The van der Waals surface area contributed by atoms with Gasteiger partial charge in [-0.05, 0) is 37.5 Å². The Kier molecular flexibility index (Phi) is 5.37. The highest BCUT2D eigenvalue weighted by Gasteiger charge is 2.44. The maximum atomic E-state index is 13.4. The molecule has 0 saturated carbocycles. The Labute approximate surface area is 147 Å². The molecule has 0 N–H and O–H groups in total. The van der Waals surface area contributed by atoms with Gasteiger partial charge in [-0.15, -0.1) is 0 Å². The number of ether oxygens (including phenoxy) is 1. The lowest BCUT2D eigenvalue weighted by atomic mass is 9.87. The average Bonchev–Trinajstić information content (AvgIpc) is 2.72. The summed E-state index contributed by atoms with van der Waals surface area (Å²) in [5.74, 6) is -0.290. The lowest BCUT2D eigenvalue weighted by Gasteiger charge is -2.46. The normalized spacial score (nSPS) is 20.6. The maximum absolute atomic E-state index is 13.4. The first-order valence-corrected chi connectivity index (χ1v) is 8.94. The number of nitrogens with zero attached hydrogens (tertiary/aromatic N) is 2. The zero-order chi connectivity index (χ0) is 17.9. The molecule has 0 bridgehead atoms.